The van der Waals surface area contributed by atoms with Gasteiger partial charge in [-0.25, -0.2) is 4.68 Å². The Labute approximate surface area is 115 Å². The largest absolute Gasteiger partial charge is 0.336 e. The summed E-state index contributed by atoms with van der Waals surface area (Å²) in [5.41, 5.74) is 1.37. The molecule has 0 aromatic carbocycles. The van der Waals surface area contributed by atoms with Gasteiger partial charge in [0.15, 0.2) is 4.77 Å². The summed E-state index contributed by atoms with van der Waals surface area (Å²) in [6.45, 7) is 11.3. The van der Waals surface area contributed by atoms with Gasteiger partial charge in [0, 0.05) is 23.7 Å². The average molecular weight is 267 g/mol. The second-order valence-electron chi connectivity index (χ2n) is 6.55. The first-order valence-electron chi connectivity index (χ1n) is 6.92. The van der Waals surface area contributed by atoms with E-state index in [1.54, 1.807) is 0 Å². The fourth-order valence-electron chi connectivity index (χ4n) is 2.93. The Morgan fingerprint density at radius 3 is 2.28 bits per heavy atom. The topological polar surface area (TPSA) is 24.0 Å². The monoisotopic (exact) mass is 267 g/mol. The average Bonchev–Trinajstić information content (AvgIpc) is 2.60. The van der Waals surface area contributed by atoms with Gasteiger partial charge in [0.05, 0.1) is 5.69 Å². The second-order valence-corrected chi connectivity index (χ2v) is 6.94. The van der Waals surface area contributed by atoms with Gasteiger partial charge in [-0.05, 0) is 45.3 Å². The lowest BCUT2D eigenvalue weighted by Gasteiger charge is -2.43. The number of aromatic nitrogens is 2. The summed E-state index contributed by atoms with van der Waals surface area (Å²) in [6.07, 6.45) is 5.89. The Bertz CT molecular complexity index is 456. The fourth-order valence-corrected chi connectivity index (χ4v) is 3.18. The molecule has 1 aliphatic heterocycles. The number of nitrogens with zero attached hydrogens (tertiary/aromatic N) is 2. The van der Waals surface area contributed by atoms with Gasteiger partial charge in [0.25, 0.3) is 0 Å². The van der Waals surface area contributed by atoms with Crippen molar-refractivity contribution in [2.75, 3.05) is 5.01 Å². The zero-order valence-electron chi connectivity index (χ0n) is 12.2. The van der Waals surface area contributed by atoms with Gasteiger partial charge in [-0.1, -0.05) is 20.8 Å². The quantitative estimate of drug-likeness (QED) is 0.784. The SMILES string of the molecule is CC1CCCC(C)N1n1c(C(C)(C)C)c[nH]c1=S. The molecular formula is C14H25N3S. The fraction of sp³-hybridized carbons (Fsp3) is 0.786. The van der Waals surface area contributed by atoms with Crippen LogP contribution in [0, 0.1) is 4.77 Å². The molecule has 1 N–H and O–H groups in total. The summed E-state index contributed by atoms with van der Waals surface area (Å²) in [4.78, 5) is 3.22. The summed E-state index contributed by atoms with van der Waals surface area (Å²) < 4.78 is 3.06. The third-order valence-corrected chi connectivity index (χ3v) is 4.19. The molecule has 3 nitrogen and oxygen atoms in total. The van der Waals surface area contributed by atoms with Crippen LogP contribution in [-0.2, 0) is 5.41 Å². The van der Waals surface area contributed by atoms with Crippen LogP contribution in [0.25, 0.3) is 0 Å². The molecule has 4 heteroatoms. The van der Waals surface area contributed by atoms with E-state index in [1.807, 2.05) is 0 Å². The molecule has 1 fully saturated rings. The van der Waals surface area contributed by atoms with Gasteiger partial charge in [0.2, 0.25) is 0 Å². The Morgan fingerprint density at radius 2 is 1.78 bits per heavy atom. The molecule has 0 saturated carbocycles. The van der Waals surface area contributed by atoms with Crippen molar-refractivity contribution in [2.24, 2.45) is 0 Å². The molecule has 0 aliphatic carbocycles. The first kappa shape index (κ1) is 13.7. The summed E-state index contributed by atoms with van der Waals surface area (Å²) >= 11 is 5.49. The number of piperidine rings is 1. The Hall–Kier alpha value is -0.770. The van der Waals surface area contributed by atoms with Gasteiger partial charge < -0.3 is 9.99 Å². The highest BCUT2D eigenvalue weighted by Crippen LogP contribution is 2.27. The summed E-state index contributed by atoms with van der Waals surface area (Å²) in [7, 11) is 0. The van der Waals surface area contributed by atoms with E-state index < -0.39 is 0 Å². The molecule has 2 atom stereocenters. The molecule has 2 heterocycles. The van der Waals surface area contributed by atoms with Crippen molar-refractivity contribution < 1.29 is 0 Å². The van der Waals surface area contributed by atoms with Crippen molar-refractivity contribution in [3.8, 4) is 0 Å². The summed E-state index contributed by atoms with van der Waals surface area (Å²) in [5.74, 6) is 0. The maximum atomic E-state index is 5.49. The molecule has 0 bridgehead atoms. The number of aromatic amines is 1. The van der Waals surface area contributed by atoms with E-state index >= 15 is 0 Å². The molecule has 1 saturated heterocycles. The minimum Gasteiger partial charge on any atom is -0.336 e. The molecule has 0 radical (unpaired) electrons. The van der Waals surface area contributed by atoms with Crippen molar-refractivity contribution >= 4 is 12.2 Å². The number of H-pyrrole nitrogens is 1. The van der Waals surface area contributed by atoms with Crippen molar-refractivity contribution in [2.45, 2.75) is 71.4 Å². The van der Waals surface area contributed by atoms with E-state index in [-0.39, 0.29) is 5.41 Å². The molecule has 1 aromatic rings. The number of nitrogens with one attached hydrogen (secondary N) is 1. The van der Waals surface area contributed by atoms with E-state index in [0.717, 1.165) is 4.77 Å². The molecule has 102 valence electrons. The third kappa shape index (κ3) is 2.35. The van der Waals surface area contributed by atoms with Gasteiger partial charge in [-0.2, -0.15) is 0 Å². The van der Waals surface area contributed by atoms with Gasteiger partial charge in [-0.3, -0.25) is 0 Å². The van der Waals surface area contributed by atoms with E-state index in [9.17, 15) is 0 Å². The first-order chi connectivity index (χ1) is 8.32. The van der Waals surface area contributed by atoms with Crippen LogP contribution in [-0.4, -0.2) is 21.7 Å². The predicted octanol–water partition coefficient (Wildman–Crippen LogP) is 3.74. The molecule has 0 amide bonds. The van der Waals surface area contributed by atoms with Crippen molar-refractivity contribution in [1.82, 2.24) is 9.66 Å². The number of hydrogen-bond donors (Lipinski definition) is 1. The molecule has 2 unspecified atom stereocenters. The van der Waals surface area contributed by atoms with Crippen molar-refractivity contribution in [3.63, 3.8) is 0 Å². The number of hydrogen-bond acceptors (Lipinski definition) is 2. The minimum atomic E-state index is 0.102. The van der Waals surface area contributed by atoms with E-state index in [4.69, 9.17) is 12.2 Å². The molecule has 0 spiro atoms. The van der Waals surface area contributed by atoms with Crippen LogP contribution >= 0.6 is 12.2 Å². The van der Waals surface area contributed by atoms with E-state index in [1.165, 1.54) is 25.0 Å². The molecule has 18 heavy (non-hydrogen) atoms. The first-order valence-corrected chi connectivity index (χ1v) is 7.32. The van der Waals surface area contributed by atoms with Gasteiger partial charge >= 0.3 is 0 Å². The highest BCUT2D eigenvalue weighted by molar-refractivity contribution is 7.71. The Kier molecular flexibility index (Phi) is 3.58. The lowest BCUT2D eigenvalue weighted by Crippen LogP contribution is -2.52. The normalized spacial score (nSPS) is 25.5. The highest BCUT2D eigenvalue weighted by Gasteiger charge is 2.30. The Balaban J connectivity index is 2.49. The maximum Gasteiger partial charge on any atom is 0.196 e. The van der Waals surface area contributed by atoms with Gasteiger partial charge in [-0.15, -0.1) is 0 Å². The second kappa shape index (κ2) is 4.72. The standard InChI is InChI=1S/C14H25N3S/c1-10-7-6-8-11(2)16(10)17-12(14(3,4)5)9-15-13(17)18/h9-11H,6-8H2,1-5H3,(H,15,18). The zero-order valence-corrected chi connectivity index (χ0v) is 13.0. The van der Waals surface area contributed by atoms with Crippen LogP contribution < -0.4 is 5.01 Å². The van der Waals surface area contributed by atoms with Gasteiger partial charge in [0.1, 0.15) is 0 Å². The number of rotatable bonds is 1. The van der Waals surface area contributed by atoms with Crippen LogP contribution in [0.3, 0.4) is 0 Å². The molecular weight excluding hydrogens is 242 g/mol. The van der Waals surface area contributed by atoms with Crippen LogP contribution in [0.1, 0.15) is 59.6 Å². The summed E-state index contributed by atoms with van der Waals surface area (Å²) in [6, 6.07) is 1.11. The third-order valence-electron chi connectivity index (χ3n) is 3.90. The minimum absolute atomic E-state index is 0.102. The smallest absolute Gasteiger partial charge is 0.196 e. The summed E-state index contributed by atoms with van der Waals surface area (Å²) in [5, 5.41) is 2.46. The molecule has 1 aromatic heterocycles. The lowest BCUT2D eigenvalue weighted by atomic mass is 9.92. The molecule has 2 rings (SSSR count). The van der Waals surface area contributed by atoms with Crippen LogP contribution in [0.4, 0.5) is 0 Å². The Morgan fingerprint density at radius 1 is 1.22 bits per heavy atom. The van der Waals surface area contributed by atoms with Crippen molar-refractivity contribution in [1.29, 1.82) is 0 Å². The van der Waals surface area contributed by atoms with Crippen molar-refractivity contribution in [3.05, 3.63) is 16.7 Å². The molecule has 1 aliphatic rings. The number of imidazole rings is 1. The van der Waals surface area contributed by atoms with Crippen LogP contribution in [0.5, 0.6) is 0 Å². The predicted molar refractivity (Wildman–Crippen MR) is 79.3 cm³/mol. The van der Waals surface area contributed by atoms with Crippen LogP contribution in [0.15, 0.2) is 6.20 Å². The van der Waals surface area contributed by atoms with E-state index in [2.05, 4.69) is 55.5 Å². The van der Waals surface area contributed by atoms with E-state index in [0.29, 0.717) is 12.1 Å². The van der Waals surface area contributed by atoms with Crippen LogP contribution in [0.2, 0.25) is 0 Å². The highest BCUT2D eigenvalue weighted by atomic mass is 32.1. The lowest BCUT2D eigenvalue weighted by molar-refractivity contribution is 0.320. The zero-order chi connectivity index (χ0) is 13.5. The maximum absolute atomic E-state index is 5.49.